The minimum Gasteiger partial charge on any atom is -0.480 e. The minimum atomic E-state index is -0.189. The predicted octanol–water partition coefficient (Wildman–Crippen LogP) is 2.89. The Labute approximate surface area is 118 Å². The van der Waals surface area contributed by atoms with Gasteiger partial charge in [-0.25, -0.2) is 4.98 Å². The highest BCUT2D eigenvalue weighted by Crippen LogP contribution is 2.19. The van der Waals surface area contributed by atoms with E-state index in [1.54, 1.807) is 18.3 Å². The Morgan fingerprint density at radius 3 is 2.70 bits per heavy atom. The molecule has 1 N–H and O–H groups in total. The summed E-state index contributed by atoms with van der Waals surface area (Å²) < 4.78 is 5.11. The van der Waals surface area contributed by atoms with Gasteiger partial charge in [0.2, 0.25) is 5.88 Å². The first-order valence-electron chi connectivity index (χ1n) is 6.49. The summed E-state index contributed by atoms with van der Waals surface area (Å²) >= 11 is 0. The molecule has 0 aliphatic heterocycles. The highest BCUT2D eigenvalue weighted by Gasteiger charge is 2.16. The van der Waals surface area contributed by atoms with Gasteiger partial charge in [0.05, 0.1) is 13.2 Å². The molecule has 0 aliphatic rings. The second kappa shape index (κ2) is 6.19. The van der Waals surface area contributed by atoms with Crippen molar-refractivity contribution < 1.29 is 9.53 Å². The molecule has 1 aromatic carbocycles. The average Bonchev–Trinajstić information content (AvgIpc) is 2.47. The van der Waals surface area contributed by atoms with E-state index >= 15 is 0 Å². The zero-order chi connectivity index (χ0) is 14.5. The van der Waals surface area contributed by atoms with E-state index in [0.717, 1.165) is 11.1 Å². The van der Waals surface area contributed by atoms with Crippen molar-refractivity contribution in [2.75, 3.05) is 7.11 Å². The highest BCUT2D eigenvalue weighted by molar-refractivity contribution is 5.96. The van der Waals surface area contributed by atoms with Crippen molar-refractivity contribution >= 4 is 5.91 Å². The van der Waals surface area contributed by atoms with Crippen molar-refractivity contribution in [1.29, 1.82) is 0 Å². The van der Waals surface area contributed by atoms with Crippen LogP contribution in [0.15, 0.2) is 42.6 Å². The van der Waals surface area contributed by atoms with Crippen LogP contribution >= 0.6 is 0 Å². The molecule has 1 aromatic heterocycles. The normalized spacial score (nSPS) is 11.8. The quantitative estimate of drug-likeness (QED) is 0.929. The zero-order valence-electron chi connectivity index (χ0n) is 11.9. The molecule has 0 aliphatic carbocycles. The van der Waals surface area contributed by atoms with Gasteiger partial charge in [0.15, 0.2) is 0 Å². The Balaban J connectivity index is 2.18. The number of hydrogen-bond acceptors (Lipinski definition) is 3. The van der Waals surface area contributed by atoms with E-state index in [9.17, 15) is 4.79 Å². The lowest BCUT2D eigenvalue weighted by atomic mass is 10.0. The number of nitrogens with zero attached hydrogens (tertiary/aromatic N) is 1. The van der Waals surface area contributed by atoms with Crippen LogP contribution in [0.4, 0.5) is 0 Å². The van der Waals surface area contributed by atoms with Crippen LogP contribution in [0.3, 0.4) is 0 Å². The van der Waals surface area contributed by atoms with Gasteiger partial charge in [0.25, 0.3) is 5.91 Å². The van der Waals surface area contributed by atoms with E-state index in [0.29, 0.717) is 11.4 Å². The molecule has 4 heteroatoms. The SMILES string of the molecule is COc1ncccc1C(=O)NC(C)c1ccccc1C. The fraction of sp³-hybridized carbons (Fsp3) is 0.250. The maximum absolute atomic E-state index is 12.3. The van der Waals surface area contributed by atoms with Crippen LogP contribution in [0.25, 0.3) is 0 Å². The molecule has 20 heavy (non-hydrogen) atoms. The van der Waals surface area contributed by atoms with Crippen molar-refractivity contribution in [3.05, 3.63) is 59.3 Å². The molecule has 0 saturated carbocycles. The highest BCUT2D eigenvalue weighted by atomic mass is 16.5. The maximum Gasteiger partial charge on any atom is 0.257 e. The fourth-order valence-electron chi connectivity index (χ4n) is 2.15. The van der Waals surface area contributed by atoms with Gasteiger partial charge >= 0.3 is 0 Å². The Morgan fingerprint density at radius 1 is 1.25 bits per heavy atom. The van der Waals surface area contributed by atoms with Gasteiger partial charge < -0.3 is 10.1 Å². The molecule has 1 atom stereocenters. The first kappa shape index (κ1) is 14.1. The van der Waals surface area contributed by atoms with Crippen LogP contribution in [-0.4, -0.2) is 18.0 Å². The number of ether oxygens (including phenoxy) is 1. The van der Waals surface area contributed by atoms with E-state index in [-0.39, 0.29) is 11.9 Å². The minimum absolute atomic E-state index is 0.0754. The third kappa shape index (κ3) is 2.96. The fourth-order valence-corrected chi connectivity index (χ4v) is 2.15. The standard InChI is InChI=1S/C16H18N2O2/c1-11-7-4-5-8-13(11)12(2)18-15(19)14-9-6-10-17-16(14)20-3/h4-10,12H,1-3H3,(H,18,19). The van der Waals surface area contributed by atoms with Crippen LogP contribution in [0, 0.1) is 6.92 Å². The summed E-state index contributed by atoms with van der Waals surface area (Å²) in [4.78, 5) is 16.3. The van der Waals surface area contributed by atoms with Gasteiger partial charge in [0.1, 0.15) is 5.56 Å². The molecule has 0 spiro atoms. The van der Waals surface area contributed by atoms with E-state index in [2.05, 4.69) is 10.3 Å². The van der Waals surface area contributed by atoms with Crippen LogP contribution in [0.2, 0.25) is 0 Å². The summed E-state index contributed by atoms with van der Waals surface area (Å²) in [5.41, 5.74) is 2.69. The number of hydrogen-bond donors (Lipinski definition) is 1. The van der Waals surface area contributed by atoms with Gasteiger partial charge in [-0.1, -0.05) is 24.3 Å². The van der Waals surface area contributed by atoms with Crippen molar-refractivity contribution in [2.24, 2.45) is 0 Å². The number of nitrogens with one attached hydrogen (secondary N) is 1. The van der Waals surface area contributed by atoms with Crippen LogP contribution in [0.5, 0.6) is 5.88 Å². The molecule has 2 aromatic rings. The topological polar surface area (TPSA) is 51.2 Å². The smallest absolute Gasteiger partial charge is 0.257 e. The Bertz CT molecular complexity index is 611. The lowest BCUT2D eigenvalue weighted by Crippen LogP contribution is -2.27. The third-order valence-electron chi connectivity index (χ3n) is 3.21. The monoisotopic (exact) mass is 270 g/mol. The molecule has 2 rings (SSSR count). The van der Waals surface area contributed by atoms with Gasteiger partial charge in [-0.2, -0.15) is 0 Å². The predicted molar refractivity (Wildman–Crippen MR) is 77.8 cm³/mol. The summed E-state index contributed by atoms with van der Waals surface area (Å²) in [6, 6.07) is 11.3. The summed E-state index contributed by atoms with van der Waals surface area (Å²) in [5.74, 6) is 0.146. The molecule has 0 saturated heterocycles. The molecular formula is C16H18N2O2. The molecular weight excluding hydrogens is 252 g/mol. The molecule has 1 unspecified atom stereocenters. The van der Waals surface area contributed by atoms with E-state index in [4.69, 9.17) is 4.74 Å². The number of amides is 1. The zero-order valence-corrected chi connectivity index (χ0v) is 11.9. The van der Waals surface area contributed by atoms with Crippen molar-refractivity contribution in [3.63, 3.8) is 0 Å². The lowest BCUT2D eigenvalue weighted by Gasteiger charge is -2.17. The number of methoxy groups -OCH3 is 1. The molecule has 1 amide bonds. The van der Waals surface area contributed by atoms with Gasteiger partial charge in [-0.15, -0.1) is 0 Å². The van der Waals surface area contributed by atoms with Gasteiger partial charge in [-0.3, -0.25) is 4.79 Å². The van der Waals surface area contributed by atoms with Crippen molar-refractivity contribution in [2.45, 2.75) is 19.9 Å². The molecule has 0 radical (unpaired) electrons. The number of aromatic nitrogens is 1. The van der Waals surface area contributed by atoms with Crippen LogP contribution in [-0.2, 0) is 0 Å². The second-order valence-corrected chi connectivity index (χ2v) is 4.61. The maximum atomic E-state index is 12.3. The number of benzene rings is 1. The van der Waals surface area contributed by atoms with E-state index in [1.165, 1.54) is 7.11 Å². The molecule has 104 valence electrons. The van der Waals surface area contributed by atoms with Crippen molar-refractivity contribution in [1.82, 2.24) is 10.3 Å². The first-order chi connectivity index (χ1) is 9.63. The van der Waals surface area contributed by atoms with E-state index in [1.807, 2.05) is 38.1 Å². The number of aryl methyl sites for hydroxylation is 1. The van der Waals surface area contributed by atoms with Gasteiger partial charge in [0, 0.05) is 6.20 Å². The average molecular weight is 270 g/mol. The summed E-state index contributed by atoms with van der Waals surface area (Å²) in [6.07, 6.45) is 1.60. The molecule has 1 heterocycles. The largest absolute Gasteiger partial charge is 0.480 e. The van der Waals surface area contributed by atoms with Gasteiger partial charge in [-0.05, 0) is 37.1 Å². The molecule has 0 bridgehead atoms. The van der Waals surface area contributed by atoms with E-state index < -0.39 is 0 Å². The molecule has 4 nitrogen and oxygen atoms in total. The summed E-state index contributed by atoms with van der Waals surface area (Å²) in [6.45, 7) is 3.99. The second-order valence-electron chi connectivity index (χ2n) is 4.61. The third-order valence-corrected chi connectivity index (χ3v) is 3.21. The van der Waals surface area contributed by atoms with Crippen LogP contribution in [0.1, 0.15) is 34.5 Å². The first-order valence-corrected chi connectivity index (χ1v) is 6.49. The Kier molecular flexibility index (Phi) is 4.35. The number of carbonyl (C=O) groups is 1. The summed E-state index contributed by atoms with van der Waals surface area (Å²) in [7, 11) is 1.50. The number of carbonyl (C=O) groups excluding carboxylic acids is 1. The number of rotatable bonds is 4. The van der Waals surface area contributed by atoms with Crippen LogP contribution < -0.4 is 10.1 Å². The van der Waals surface area contributed by atoms with Crippen molar-refractivity contribution in [3.8, 4) is 5.88 Å². The lowest BCUT2D eigenvalue weighted by molar-refractivity contribution is 0.0936. The Morgan fingerprint density at radius 2 is 2.00 bits per heavy atom. The number of pyridine rings is 1. The summed E-state index contributed by atoms with van der Waals surface area (Å²) in [5, 5.41) is 2.97. The Hall–Kier alpha value is -2.36. The molecule has 0 fully saturated rings.